The van der Waals surface area contributed by atoms with Crippen molar-refractivity contribution in [3.8, 4) is 0 Å². The minimum Gasteiger partial charge on any atom is -0.317 e. The Labute approximate surface area is 118 Å². The zero-order valence-corrected chi connectivity index (χ0v) is 13.2. The largest absolute Gasteiger partial charge is 0.317 e. The molecule has 1 aromatic carbocycles. The van der Waals surface area contributed by atoms with Gasteiger partial charge in [0.15, 0.2) is 0 Å². The van der Waals surface area contributed by atoms with Crippen molar-refractivity contribution >= 4 is 0 Å². The van der Waals surface area contributed by atoms with E-state index in [1.165, 1.54) is 30.4 Å². The number of nitrogens with one attached hydrogen (secondary N) is 1. The van der Waals surface area contributed by atoms with Gasteiger partial charge in [-0.25, -0.2) is 0 Å². The van der Waals surface area contributed by atoms with Crippen LogP contribution in [0.15, 0.2) is 24.3 Å². The van der Waals surface area contributed by atoms with E-state index in [0.29, 0.717) is 6.04 Å². The summed E-state index contributed by atoms with van der Waals surface area (Å²) >= 11 is 0. The van der Waals surface area contributed by atoms with Crippen LogP contribution in [0.3, 0.4) is 0 Å². The number of benzene rings is 1. The molecule has 1 fully saturated rings. The van der Waals surface area contributed by atoms with Crippen LogP contribution in [-0.2, 0) is 5.41 Å². The molecule has 0 amide bonds. The van der Waals surface area contributed by atoms with E-state index in [1.807, 2.05) is 0 Å². The van der Waals surface area contributed by atoms with Crippen LogP contribution in [0.1, 0.15) is 51.2 Å². The van der Waals surface area contributed by atoms with Crippen molar-refractivity contribution in [3.63, 3.8) is 0 Å². The van der Waals surface area contributed by atoms with Crippen LogP contribution in [0.5, 0.6) is 0 Å². The van der Waals surface area contributed by atoms with Crippen molar-refractivity contribution in [1.82, 2.24) is 5.32 Å². The van der Waals surface area contributed by atoms with Gasteiger partial charge in [0.25, 0.3) is 0 Å². The molecule has 1 aliphatic rings. The standard InChI is InChI=1S/C18H29N/c1-13-7-6-8-15(11-13)18(3,4)16-10-9-14(2)12-17(16)19-5/h6-8,11,14,16-17,19H,9-10,12H2,1-5H3. The van der Waals surface area contributed by atoms with E-state index in [9.17, 15) is 0 Å². The van der Waals surface area contributed by atoms with E-state index < -0.39 is 0 Å². The van der Waals surface area contributed by atoms with Crippen molar-refractivity contribution in [3.05, 3.63) is 35.4 Å². The van der Waals surface area contributed by atoms with E-state index in [-0.39, 0.29) is 5.41 Å². The summed E-state index contributed by atoms with van der Waals surface area (Å²) in [6, 6.07) is 9.71. The Morgan fingerprint density at radius 3 is 2.58 bits per heavy atom. The Hall–Kier alpha value is -0.820. The lowest BCUT2D eigenvalue weighted by Crippen LogP contribution is -2.47. The molecule has 19 heavy (non-hydrogen) atoms. The number of rotatable bonds is 3. The molecule has 1 aromatic rings. The average molecular weight is 259 g/mol. The first-order valence-corrected chi connectivity index (χ1v) is 7.69. The molecule has 3 unspecified atom stereocenters. The van der Waals surface area contributed by atoms with Crippen LogP contribution < -0.4 is 5.32 Å². The highest BCUT2D eigenvalue weighted by Gasteiger charge is 2.39. The molecule has 0 aliphatic heterocycles. The molecule has 106 valence electrons. The third kappa shape index (κ3) is 3.02. The zero-order valence-electron chi connectivity index (χ0n) is 13.2. The van der Waals surface area contributed by atoms with Gasteiger partial charge in [-0.3, -0.25) is 0 Å². The fraction of sp³-hybridized carbons (Fsp3) is 0.667. The van der Waals surface area contributed by atoms with Crippen molar-refractivity contribution < 1.29 is 0 Å². The molecule has 2 rings (SSSR count). The summed E-state index contributed by atoms with van der Waals surface area (Å²) in [7, 11) is 2.13. The smallest absolute Gasteiger partial charge is 0.0103 e. The molecule has 1 heteroatoms. The first-order valence-electron chi connectivity index (χ1n) is 7.69. The molecule has 3 atom stereocenters. The monoisotopic (exact) mass is 259 g/mol. The van der Waals surface area contributed by atoms with Gasteiger partial charge in [0.1, 0.15) is 0 Å². The summed E-state index contributed by atoms with van der Waals surface area (Å²) < 4.78 is 0. The van der Waals surface area contributed by atoms with Gasteiger partial charge in [0.05, 0.1) is 0 Å². The van der Waals surface area contributed by atoms with Gasteiger partial charge in [-0.15, -0.1) is 0 Å². The Bertz CT molecular complexity index is 421. The molecule has 0 radical (unpaired) electrons. The molecule has 1 aliphatic carbocycles. The molecule has 0 aromatic heterocycles. The minimum absolute atomic E-state index is 0.250. The fourth-order valence-electron chi connectivity index (χ4n) is 3.82. The third-order valence-corrected chi connectivity index (χ3v) is 5.17. The molecule has 0 saturated heterocycles. The van der Waals surface area contributed by atoms with Gasteiger partial charge in [-0.2, -0.15) is 0 Å². The van der Waals surface area contributed by atoms with Crippen LogP contribution in [0, 0.1) is 18.8 Å². The van der Waals surface area contributed by atoms with Gasteiger partial charge in [-0.05, 0) is 49.6 Å². The highest BCUT2D eigenvalue weighted by molar-refractivity contribution is 5.30. The van der Waals surface area contributed by atoms with Crippen molar-refractivity contribution in [1.29, 1.82) is 0 Å². The molecule has 0 heterocycles. The maximum absolute atomic E-state index is 3.57. The average Bonchev–Trinajstić information content (AvgIpc) is 2.38. The van der Waals surface area contributed by atoms with Crippen LogP contribution in [0.2, 0.25) is 0 Å². The summed E-state index contributed by atoms with van der Waals surface area (Å²) in [4.78, 5) is 0. The van der Waals surface area contributed by atoms with Gasteiger partial charge in [-0.1, -0.05) is 57.0 Å². The lowest BCUT2D eigenvalue weighted by Gasteiger charge is -2.44. The second kappa shape index (κ2) is 5.66. The second-order valence-electron chi connectivity index (χ2n) is 7.01. The van der Waals surface area contributed by atoms with E-state index in [4.69, 9.17) is 0 Å². The van der Waals surface area contributed by atoms with Crippen LogP contribution in [0.4, 0.5) is 0 Å². The fourth-order valence-corrected chi connectivity index (χ4v) is 3.82. The predicted octanol–water partition coefficient (Wildman–Crippen LogP) is 4.30. The van der Waals surface area contributed by atoms with Crippen molar-refractivity contribution in [2.45, 2.75) is 58.4 Å². The molecule has 1 saturated carbocycles. The van der Waals surface area contributed by atoms with E-state index in [2.05, 4.69) is 64.3 Å². The molecular weight excluding hydrogens is 230 g/mol. The van der Waals surface area contributed by atoms with Gasteiger partial charge in [0.2, 0.25) is 0 Å². The van der Waals surface area contributed by atoms with Gasteiger partial charge >= 0.3 is 0 Å². The highest BCUT2D eigenvalue weighted by atomic mass is 14.9. The number of hydrogen-bond acceptors (Lipinski definition) is 1. The maximum Gasteiger partial charge on any atom is 0.0103 e. The Balaban J connectivity index is 2.27. The summed E-state index contributed by atoms with van der Waals surface area (Å²) in [6.07, 6.45) is 4.03. The van der Waals surface area contributed by atoms with E-state index in [0.717, 1.165) is 11.8 Å². The maximum atomic E-state index is 3.57. The summed E-state index contributed by atoms with van der Waals surface area (Å²) in [6.45, 7) is 9.43. The minimum atomic E-state index is 0.250. The molecule has 1 nitrogen and oxygen atoms in total. The molecular formula is C18H29N. The predicted molar refractivity (Wildman–Crippen MR) is 83.6 cm³/mol. The van der Waals surface area contributed by atoms with Gasteiger partial charge in [0, 0.05) is 6.04 Å². The van der Waals surface area contributed by atoms with Crippen molar-refractivity contribution in [2.75, 3.05) is 7.05 Å². The van der Waals surface area contributed by atoms with E-state index >= 15 is 0 Å². The van der Waals surface area contributed by atoms with Crippen LogP contribution in [-0.4, -0.2) is 13.1 Å². The summed E-state index contributed by atoms with van der Waals surface area (Å²) in [5, 5.41) is 3.57. The number of aryl methyl sites for hydroxylation is 1. The van der Waals surface area contributed by atoms with Crippen molar-refractivity contribution in [2.24, 2.45) is 11.8 Å². The second-order valence-corrected chi connectivity index (χ2v) is 7.01. The SMILES string of the molecule is CNC1CC(C)CCC1C(C)(C)c1cccc(C)c1. The first kappa shape index (κ1) is 14.6. The Morgan fingerprint density at radius 2 is 1.95 bits per heavy atom. The molecule has 1 N–H and O–H groups in total. The third-order valence-electron chi connectivity index (χ3n) is 5.17. The lowest BCUT2D eigenvalue weighted by molar-refractivity contribution is 0.151. The Kier molecular flexibility index (Phi) is 4.35. The zero-order chi connectivity index (χ0) is 14.0. The van der Waals surface area contributed by atoms with Gasteiger partial charge < -0.3 is 5.32 Å². The number of hydrogen-bond donors (Lipinski definition) is 1. The quantitative estimate of drug-likeness (QED) is 0.853. The summed E-state index contributed by atoms with van der Waals surface area (Å²) in [5.41, 5.74) is 3.11. The van der Waals surface area contributed by atoms with E-state index in [1.54, 1.807) is 0 Å². The normalized spacial score (nSPS) is 28.4. The van der Waals surface area contributed by atoms with Crippen LogP contribution >= 0.6 is 0 Å². The topological polar surface area (TPSA) is 12.0 Å². The summed E-state index contributed by atoms with van der Waals surface area (Å²) in [5.74, 6) is 1.59. The Morgan fingerprint density at radius 1 is 1.21 bits per heavy atom. The molecule has 0 spiro atoms. The first-order chi connectivity index (χ1) is 8.95. The lowest BCUT2D eigenvalue weighted by atomic mass is 9.63. The highest BCUT2D eigenvalue weighted by Crippen LogP contribution is 2.42. The van der Waals surface area contributed by atoms with Crippen LogP contribution in [0.25, 0.3) is 0 Å². The molecule has 0 bridgehead atoms.